The highest BCUT2D eigenvalue weighted by atomic mass is 32.2. The van der Waals surface area contributed by atoms with Crippen molar-refractivity contribution in [2.45, 2.75) is 23.4 Å². The smallest absolute Gasteiger partial charge is 0.127 e. The Balaban J connectivity index is 1.29. The predicted molar refractivity (Wildman–Crippen MR) is 129 cm³/mol. The molecule has 0 amide bonds. The van der Waals surface area contributed by atoms with E-state index in [0.29, 0.717) is 11.4 Å². The molecule has 0 radical (unpaired) electrons. The highest BCUT2D eigenvalue weighted by molar-refractivity contribution is 8.00. The van der Waals surface area contributed by atoms with Gasteiger partial charge in [-0.15, -0.1) is 0 Å². The van der Waals surface area contributed by atoms with Gasteiger partial charge in [0.25, 0.3) is 0 Å². The minimum Gasteiger partial charge on any atom is -0.457 e. The maximum Gasteiger partial charge on any atom is 0.127 e. The summed E-state index contributed by atoms with van der Waals surface area (Å²) in [6.07, 6.45) is 1.96. The molecule has 3 aromatic rings. The first-order chi connectivity index (χ1) is 15.8. The number of aromatic nitrogens is 1. The molecule has 0 bridgehead atoms. The standard InChI is InChI=1S/C25H27N5OS/c1-17-15-19(31-18-5-3-2-4-6-18)7-8-20(17)30-16-28-23-22-21(30)9-10-27-24(22)32-25(23)29-13-11-26-12-14-29/h2-10,15,23,25-26,28H,11-14,16H2,1H3. The third-order valence-corrected chi connectivity index (χ3v) is 7.83. The molecular formula is C25H27N5OS. The third kappa shape index (κ3) is 3.55. The Bertz CT molecular complexity index is 1120. The number of nitrogens with one attached hydrogen (secondary N) is 2. The molecule has 6 nitrogen and oxygen atoms in total. The van der Waals surface area contributed by atoms with Crippen molar-refractivity contribution < 1.29 is 4.74 Å². The molecule has 4 heterocycles. The molecule has 0 spiro atoms. The lowest BCUT2D eigenvalue weighted by atomic mass is 10.0. The zero-order valence-corrected chi connectivity index (χ0v) is 18.9. The Labute approximate surface area is 193 Å². The molecule has 2 unspecified atom stereocenters. The number of aryl methyl sites for hydroxylation is 1. The summed E-state index contributed by atoms with van der Waals surface area (Å²) in [7, 11) is 0. The van der Waals surface area contributed by atoms with Gasteiger partial charge < -0.3 is 15.0 Å². The summed E-state index contributed by atoms with van der Waals surface area (Å²) in [5.74, 6) is 1.71. The first-order valence-electron chi connectivity index (χ1n) is 11.2. The van der Waals surface area contributed by atoms with Gasteiger partial charge in [0, 0.05) is 43.6 Å². The average molecular weight is 446 g/mol. The fourth-order valence-corrected chi connectivity index (χ4v) is 6.36. The highest BCUT2D eigenvalue weighted by Crippen LogP contribution is 2.51. The fraction of sp³-hybridized carbons (Fsp3) is 0.320. The van der Waals surface area contributed by atoms with Crippen LogP contribution in [0.4, 0.5) is 11.4 Å². The van der Waals surface area contributed by atoms with Crippen LogP contribution >= 0.6 is 11.8 Å². The molecule has 1 aromatic heterocycles. The molecule has 7 heteroatoms. The van der Waals surface area contributed by atoms with Crippen LogP contribution in [-0.2, 0) is 0 Å². The zero-order valence-electron chi connectivity index (χ0n) is 18.1. The van der Waals surface area contributed by atoms with Gasteiger partial charge in [-0.25, -0.2) is 4.98 Å². The maximum atomic E-state index is 6.04. The summed E-state index contributed by atoms with van der Waals surface area (Å²) in [4.78, 5) is 9.72. The largest absolute Gasteiger partial charge is 0.457 e. The van der Waals surface area contributed by atoms with E-state index in [4.69, 9.17) is 9.72 Å². The molecule has 32 heavy (non-hydrogen) atoms. The Morgan fingerprint density at radius 1 is 1.00 bits per heavy atom. The number of nitrogens with zero attached hydrogens (tertiary/aromatic N) is 3. The topological polar surface area (TPSA) is 52.7 Å². The number of thioether (sulfide) groups is 1. The molecule has 2 aromatic carbocycles. The van der Waals surface area contributed by atoms with E-state index in [-0.39, 0.29) is 0 Å². The van der Waals surface area contributed by atoms with Gasteiger partial charge in [0.1, 0.15) is 16.5 Å². The lowest BCUT2D eigenvalue weighted by molar-refractivity contribution is 0.196. The minimum absolute atomic E-state index is 0.314. The first kappa shape index (κ1) is 20.1. The predicted octanol–water partition coefficient (Wildman–Crippen LogP) is 4.26. The van der Waals surface area contributed by atoms with Crippen molar-refractivity contribution in [3.05, 3.63) is 71.9 Å². The van der Waals surface area contributed by atoms with Crippen molar-refractivity contribution in [2.75, 3.05) is 37.7 Å². The van der Waals surface area contributed by atoms with Crippen LogP contribution < -0.4 is 20.3 Å². The fourth-order valence-electron chi connectivity index (χ4n) is 4.92. The minimum atomic E-state index is 0.314. The second-order valence-electron chi connectivity index (χ2n) is 8.47. The molecule has 0 saturated carbocycles. The van der Waals surface area contributed by atoms with Gasteiger partial charge >= 0.3 is 0 Å². The quantitative estimate of drug-likeness (QED) is 0.622. The van der Waals surface area contributed by atoms with Gasteiger partial charge in [-0.05, 0) is 48.9 Å². The van der Waals surface area contributed by atoms with Crippen LogP contribution in [0.15, 0.2) is 65.8 Å². The number of piperazine rings is 1. The lowest BCUT2D eigenvalue weighted by Crippen LogP contribution is -2.52. The Morgan fingerprint density at radius 2 is 1.84 bits per heavy atom. The molecule has 3 aliphatic rings. The van der Waals surface area contributed by atoms with Crippen LogP contribution in [0.1, 0.15) is 17.2 Å². The van der Waals surface area contributed by atoms with Crippen LogP contribution in [0.25, 0.3) is 0 Å². The molecule has 3 aliphatic heterocycles. The van der Waals surface area contributed by atoms with Gasteiger partial charge in [-0.2, -0.15) is 0 Å². The summed E-state index contributed by atoms with van der Waals surface area (Å²) in [6, 6.07) is 18.7. The van der Waals surface area contributed by atoms with Gasteiger partial charge in [-0.1, -0.05) is 30.0 Å². The van der Waals surface area contributed by atoms with Crippen LogP contribution in [-0.4, -0.2) is 48.1 Å². The van der Waals surface area contributed by atoms with E-state index >= 15 is 0 Å². The number of hydrogen-bond acceptors (Lipinski definition) is 7. The van der Waals surface area contributed by atoms with E-state index in [0.717, 1.165) is 49.4 Å². The molecule has 2 atom stereocenters. The Hall–Kier alpha value is -2.58. The van der Waals surface area contributed by atoms with E-state index in [1.54, 1.807) is 0 Å². The third-order valence-electron chi connectivity index (χ3n) is 6.47. The van der Waals surface area contributed by atoms with Gasteiger partial charge in [0.2, 0.25) is 0 Å². The summed E-state index contributed by atoms with van der Waals surface area (Å²) < 4.78 is 6.04. The summed E-state index contributed by atoms with van der Waals surface area (Å²) >= 11 is 1.91. The Morgan fingerprint density at radius 3 is 2.66 bits per heavy atom. The molecule has 1 fully saturated rings. The molecule has 6 rings (SSSR count). The maximum absolute atomic E-state index is 6.04. The number of para-hydroxylation sites is 1. The molecule has 164 valence electrons. The number of ether oxygens (including phenoxy) is 1. The van der Waals surface area contributed by atoms with Crippen molar-refractivity contribution >= 4 is 23.1 Å². The van der Waals surface area contributed by atoms with Gasteiger partial charge in [-0.3, -0.25) is 10.2 Å². The van der Waals surface area contributed by atoms with Gasteiger partial charge in [0.15, 0.2) is 0 Å². The zero-order chi connectivity index (χ0) is 21.5. The highest BCUT2D eigenvalue weighted by Gasteiger charge is 2.43. The van der Waals surface area contributed by atoms with Gasteiger partial charge in [0.05, 0.1) is 23.8 Å². The summed E-state index contributed by atoms with van der Waals surface area (Å²) in [6.45, 7) is 7.23. The van der Waals surface area contributed by atoms with Crippen molar-refractivity contribution in [1.82, 2.24) is 20.5 Å². The van der Waals surface area contributed by atoms with Crippen LogP contribution in [0.5, 0.6) is 11.5 Å². The number of hydrogen-bond donors (Lipinski definition) is 2. The molecule has 0 aliphatic carbocycles. The molecule has 1 saturated heterocycles. The van der Waals surface area contributed by atoms with E-state index in [1.807, 2.05) is 48.3 Å². The van der Waals surface area contributed by atoms with Crippen LogP contribution in [0.2, 0.25) is 0 Å². The number of rotatable bonds is 4. The van der Waals surface area contributed by atoms with Crippen molar-refractivity contribution in [1.29, 1.82) is 0 Å². The normalized spacial score (nSPS) is 22.6. The SMILES string of the molecule is Cc1cc(Oc2ccccc2)ccc1N1CNC2c3c1ccnc3SC2N1CCNCC1. The van der Waals surface area contributed by atoms with E-state index < -0.39 is 0 Å². The molecule has 2 N–H and O–H groups in total. The first-order valence-corrected chi connectivity index (χ1v) is 12.1. The second-order valence-corrected chi connectivity index (χ2v) is 9.58. The van der Waals surface area contributed by atoms with Crippen LogP contribution in [0, 0.1) is 6.92 Å². The monoisotopic (exact) mass is 445 g/mol. The van der Waals surface area contributed by atoms with Crippen molar-refractivity contribution in [3.8, 4) is 11.5 Å². The van der Waals surface area contributed by atoms with E-state index in [9.17, 15) is 0 Å². The Kier molecular flexibility index (Phi) is 5.27. The summed E-state index contributed by atoms with van der Waals surface area (Å²) in [5, 5.41) is 8.86. The van der Waals surface area contributed by atoms with E-state index in [2.05, 4.69) is 51.6 Å². The van der Waals surface area contributed by atoms with Crippen LogP contribution in [0.3, 0.4) is 0 Å². The summed E-state index contributed by atoms with van der Waals surface area (Å²) in [5.41, 5.74) is 4.99. The van der Waals surface area contributed by atoms with Crippen molar-refractivity contribution in [3.63, 3.8) is 0 Å². The average Bonchev–Trinajstić information content (AvgIpc) is 3.22. The van der Waals surface area contributed by atoms with E-state index in [1.165, 1.54) is 22.5 Å². The second kappa shape index (κ2) is 8.41. The number of benzene rings is 2. The lowest BCUT2D eigenvalue weighted by Gasteiger charge is -2.40. The van der Waals surface area contributed by atoms with Crippen molar-refractivity contribution in [2.24, 2.45) is 0 Å². The molecular weight excluding hydrogens is 418 g/mol. The number of pyridine rings is 1. The number of anilines is 2.